The molecule has 4 heteroatoms. The van der Waals surface area contributed by atoms with Gasteiger partial charge in [0.1, 0.15) is 0 Å². The number of hydrogen-bond acceptors (Lipinski definition) is 3. The first-order valence-electron chi connectivity index (χ1n) is 6.21. The molecular weight excluding hydrogens is 223 g/mol. The Morgan fingerprint density at radius 2 is 1.94 bits per heavy atom. The van der Waals surface area contributed by atoms with E-state index in [2.05, 4.69) is 0 Å². The average Bonchev–Trinajstić information content (AvgIpc) is 2.46. The number of rotatable bonds is 1. The predicted octanol–water partition coefficient (Wildman–Crippen LogP) is 2.63. The van der Waals surface area contributed by atoms with Crippen LogP contribution in [0.15, 0.2) is 0 Å². The molecular formula is C13H21FO3. The third-order valence-corrected chi connectivity index (χ3v) is 4.02. The van der Waals surface area contributed by atoms with E-state index in [1.165, 1.54) is 6.92 Å². The summed E-state index contributed by atoms with van der Waals surface area (Å²) in [7, 11) is 0. The van der Waals surface area contributed by atoms with E-state index < -0.39 is 17.1 Å². The Kier molecular flexibility index (Phi) is 2.86. The molecule has 1 heterocycles. The van der Waals surface area contributed by atoms with E-state index in [-0.39, 0.29) is 24.5 Å². The Bertz CT molecular complexity index is 338. The van der Waals surface area contributed by atoms with E-state index in [0.717, 1.165) is 0 Å². The average molecular weight is 244 g/mol. The number of ether oxygens (including phenoxy) is 2. The molecule has 0 aromatic carbocycles. The van der Waals surface area contributed by atoms with Crippen molar-refractivity contribution in [2.75, 3.05) is 6.61 Å². The molecule has 2 fully saturated rings. The van der Waals surface area contributed by atoms with Gasteiger partial charge in [-0.05, 0) is 46.5 Å². The zero-order chi connectivity index (χ0) is 12.9. The van der Waals surface area contributed by atoms with Gasteiger partial charge in [-0.25, -0.2) is 4.39 Å². The number of ketones is 1. The van der Waals surface area contributed by atoms with Gasteiger partial charge in [-0.1, -0.05) is 0 Å². The number of carbonyl (C=O) groups is 1. The van der Waals surface area contributed by atoms with Gasteiger partial charge in [0.25, 0.3) is 0 Å². The van der Waals surface area contributed by atoms with E-state index in [0.29, 0.717) is 13.0 Å². The molecule has 0 aromatic rings. The maximum Gasteiger partial charge on any atom is 0.170 e. The lowest BCUT2D eigenvalue weighted by Gasteiger charge is -2.38. The Morgan fingerprint density at radius 1 is 1.29 bits per heavy atom. The van der Waals surface area contributed by atoms with Crippen molar-refractivity contribution in [2.45, 2.75) is 64.0 Å². The highest BCUT2D eigenvalue weighted by Gasteiger charge is 2.51. The Labute approximate surface area is 102 Å². The molecule has 0 radical (unpaired) electrons. The van der Waals surface area contributed by atoms with Crippen LogP contribution in [0.1, 0.15) is 47.0 Å². The van der Waals surface area contributed by atoms with Gasteiger partial charge in [-0.2, -0.15) is 0 Å². The molecule has 3 nitrogen and oxygen atoms in total. The molecule has 1 unspecified atom stereocenters. The number of alkyl halides is 1. The summed E-state index contributed by atoms with van der Waals surface area (Å²) < 4.78 is 25.2. The van der Waals surface area contributed by atoms with Crippen molar-refractivity contribution in [3.63, 3.8) is 0 Å². The Balaban J connectivity index is 2.08. The van der Waals surface area contributed by atoms with Crippen LogP contribution in [-0.4, -0.2) is 29.4 Å². The van der Waals surface area contributed by atoms with E-state index in [1.807, 2.05) is 20.8 Å². The highest BCUT2D eigenvalue weighted by Crippen LogP contribution is 2.44. The van der Waals surface area contributed by atoms with Gasteiger partial charge in [-0.3, -0.25) is 4.79 Å². The fourth-order valence-corrected chi connectivity index (χ4v) is 2.78. The quantitative estimate of drug-likeness (QED) is 0.711. The fraction of sp³-hybridized carbons (Fsp3) is 0.923. The van der Waals surface area contributed by atoms with Crippen molar-refractivity contribution in [3.8, 4) is 0 Å². The summed E-state index contributed by atoms with van der Waals surface area (Å²) in [5, 5.41) is 0. The van der Waals surface area contributed by atoms with Crippen LogP contribution >= 0.6 is 0 Å². The van der Waals surface area contributed by atoms with Gasteiger partial charge in [0, 0.05) is 6.42 Å². The lowest BCUT2D eigenvalue weighted by molar-refractivity contribution is -0.175. The molecule has 98 valence electrons. The first kappa shape index (κ1) is 13.0. The molecule has 1 saturated carbocycles. The lowest BCUT2D eigenvalue weighted by Crippen LogP contribution is -2.47. The van der Waals surface area contributed by atoms with Crippen molar-refractivity contribution in [1.29, 1.82) is 0 Å². The minimum atomic E-state index is -1.65. The maximum atomic E-state index is 13.8. The standard InChI is InChI=1S/C13H21FO3/c1-11(2)16-8-13(4,17-11)9-5-6-12(3,14)10(15)7-9/h9H,5-8H2,1-4H3/t9-,12+,13?/m1/s1. The minimum Gasteiger partial charge on any atom is -0.347 e. The first-order valence-corrected chi connectivity index (χ1v) is 6.21. The number of Topliss-reactive ketones (excluding diaryl/α,β-unsaturated/α-hetero) is 1. The molecule has 2 aliphatic rings. The van der Waals surface area contributed by atoms with Crippen molar-refractivity contribution in [3.05, 3.63) is 0 Å². The molecule has 1 aliphatic carbocycles. The zero-order valence-corrected chi connectivity index (χ0v) is 11.0. The lowest BCUT2D eigenvalue weighted by atomic mass is 9.73. The smallest absolute Gasteiger partial charge is 0.170 e. The summed E-state index contributed by atoms with van der Waals surface area (Å²) >= 11 is 0. The van der Waals surface area contributed by atoms with Gasteiger partial charge in [0.2, 0.25) is 0 Å². The summed E-state index contributed by atoms with van der Waals surface area (Å²) in [6.07, 6.45) is 1.22. The molecule has 1 aliphatic heterocycles. The first-order chi connectivity index (χ1) is 7.65. The SMILES string of the molecule is CC1(C)OCC(C)([C@@H]2CC[C@](C)(F)C(=O)C2)O1. The van der Waals surface area contributed by atoms with Crippen molar-refractivity contribution >= 4 is 5.78 Å². The Morgan fingerprint density at radius 3 is 2.41 bits per heavy atom. The van der Waals surface area contributed by atoms with Crippen LogP contribution in [-0.2, 0) is 14.3 Å². The minimum absolute atomic E-state index is 0.0561. The second-order valence-corrected chi connectivity index (χ2v) is 6.16. The van der Waals surface area contributed by atoms with E-state index in [4.69, 9.17) is 9.47 Å². The second-order valence-electron chi connectivity index (χ2n) is 6.16. The molecule has 0 spiro atoms. The van der Waals surface area contributed by atoms with Crippen molar-refractivity contribution < 1.29 is 18.7 Å². The molecule has 17 heavy (non-hydrogen) atoms. The monoisotopic (exact) mass is 244 g/mol. The Hall–Kier alpha value is -0.480. The summed E-state index contributed by atoms with van der Waals surface area (Å²) in [6, 6.07) is 0. The number of carbonyl (C=O) groups excluding carboxylic acids is 1. The molecule has 0 amide bonds. The van der Waals surface area contributed by atoms with Gasteiger partial charge in [0.15, 0.2) is 17.2 Å². The molecule has 2 rings (SSSR count). The number of hydrogen-bond donors (Lipinski definition) is 0. The molecule has 0 N–H and O–H groups in total. The summed E-state index contributed by atoms with van der Waals surface area (Å²) in [4.78, 5) is 11.7. The van der Waals surface area contributed by atoms with E-state index >= 15 is 0 Å². The fourth-order valence-electron chi connectivity index (χ4n) is 2.78. The maximum absolute atomic E-state index is 13.8. The van der Waals surface area contributed by atoms with Crippen molar-refractivity contribution in [2.24, 2.45) is 5.92 Å². The largest absolute Gasteiger partial charge is 0.347 e. The van der Waals surface area contributed by atoms with Gasteiger partial charge >= 0.3 is 0 Å². The van der Waals surface area contributed by atoms with Crippen LogP contribution < -0.4 is 0 Å². The highest BCUT2D eigenvalue weighted by atomic mass is 19.1. The van der Waals surface area contributed by atoms with Gasteiger partial charge in [-0.15, -0.1) is 0 Å². The van der Waals surface area contributed by atoms with E-state index in [9.17, 15) is 9.18 Å². The molecule has 0 aromatic heterocycles. The third kappa shape index (κ3) is 2.38. The second kappa shape index (κ2) is 3.75. The van der Waals surface area contributed by atoms with Crippen LogP contribution in [0.3, 0.4) is 0 Å². The van der Waals surface area contributed by atoms with Crippen LogP contribution in [0.5, 0.6) is 0 Å². The van der Waals surface area contributed by atoms with Gasteiger partial charge in [0.05, 0.1) is 12.2 Å². The molecule has 1 saturated heterocycles. The number of halogens is 1. The molecule has 3 atom stereocenters. The van der Waals surface area contributed by atoms with Crippen LogP contribution in [0.2, 0.25) is 0 Å². The normalized spacial score (nSPS) is 46.2. The van der Waals surface area contributed by atoms with Gasteiger partial charge < -0.3 is 9.47 Å². The van der Waals surface area contributed by atoms with Crippen LogP contribution in [0.4, 0.5) is 4.39 Å². The highest BCUT2D eigenvalue weighted by molar-refractivity contribution is 5.87. The summed E-state index contributed by atoms with van der Waals surface area (Å²) in [5.74, 6) is -0.849. The predicted molar refractivity (Wildman–Crippen MR) is 61.4 cm³/mol. The topological polar surface area (TPSA) is 35.5 Å². The molecule has 0 bridgehead atoms. The van der Waals surface area contributed by atoms with E-state index in [1.54, 1.807) is 0 Å². The summed E-state index contributed by atoms with van der Waals surface area (Å²) in [5.41, 5.74) is -2.11. The van der Waals surface area contributed by atoms with Crippen LogP contribution in [0.25, 0.3) is 0 Å². The van der Waals surface area contributed by atoms with Crippen LogP contribution in [0, 0.1) is 5.92 Å². The zero-order valence-electron chi connectivity index (χ0n) is 11.0. The summed E-state index contributed by atoms with van der Waals surface area (Å²) in [6.45, 7) is 7.54. The van der Waals surface area contributed by atoms with Crippen molar-refractivity contribution in [1.82, 2.24) is 0 Å². The third-order valence-electron chi connectivity index (χ3n) is 4.02.